The fraction of sp³-hybridized carbons (Fsp3) is 0.250. The third-order valence-corrected chi connectivity index (χ3v) is 5.25. The maximum Gasteiger partial charge on any atom is 0.318 e. The van der Waals surface area contributed by atoms with E-state index in [-0.39, 0.29) is 11.5 Å². The third-order valence-electron chi connectivity index (χ3n) is 4.22. The molecule has 6 heteroatoms. The Morgan fingerprint density at radius 1 is 1.12 bits per heavy atom. The van der Waals surface area contributed by atoms with Crippen molar-refractivity contribution in [2.75, 3.05) is 7.11 Å². The molecular weight excluding hydrogens is 348 g/mol. The zero-order valence-electron chi connectivity index (χ0n) is 15.1. The Morgan fingerprint density at radius 2 is 1.77 bits per heavy atom. The highest BCUT2D eigenvalue weighted by Crippen LogP contribution is 2.28. The standard InChI is InChI=1S/C20H20N2O3S/c1-12-8-7-9-13(2)17(12)22-18(23)15-10-5-6-11-16(15)21-20(22)26-14(3)19(24)25-4/h5-11,14H,1-4H3/t14-/m1/s1. The average molecular weight is 368 g/mol. The number of nitrogens with zero attached hydrogens (tertiary/aromatic N) is 2. The van der Waals surface area contributed by atoms with Gasteiger partial charge in [0.25, 0.3) is 5.56 Å². The van der Waals surface area contributed by atoms with Crippen LogP contribution in [-0.2, 0) is 9.53 Å². The van der Waals surface area contributed by atoms with Crippen molar-refractivity contribution in [2.45, 2.75) is 31.2 Å². The Balaban J connectivity index is 2.32. The van der Waals surface area contributed by atoms with Crippen LogP contribution in [0.3, 0.4) is 0 Å². The zero-order valence-corrected chi connectivity index (χ0v) is 16.0. The van der Waals surface area contributed by atoms with Crippen molar-refractivity contribution in [1.82, 2.24) is 9.55 Å². The number of carbonyl (C=O) groups is 1. The third kappa shape index (κ3) is 3.24. The van der Waals surface area contributed by atoms with Gasteiger partial charge in [-0.1, -0.05) is 42.1 Å². The molecule has 0 aliphatic carbocycles. The molecule has 1 aromatic heterocycles. The number of benzene rings is 2. The van der Waals surface area contributed by atoms with Gasteiger partial charge in [-0.15, -0.1) is 0 Å². The largest absolute Gasteiger partial charge is 0.468 e. The topological polar surface area (TPSA) is 61.2 Å². The number of hydrogen-bond donors (Lipinski definition) is 0. The molecule has 1 heterocycles. The van der Waals surface area contributed by atoms with Crippen molar-refractivity contribution < 1.29 is 9.53 Å². The van der Waals surface area contributed by atoms with E-state index >= 15 is 0 Å². The predicted molar refractivity (Wildman–Crippen MR) is 104 cm³/mol. The Bertz CT molecular complexity index is 1020. The molecule has 0 saturated heterocycles. The van der Waals surface area contributed by atoms with Crippen LogP contribution in [0.4, 0.5) is 0 Å². The van der Waals surface area contributed by atoms with Crippen LogP contribution >= 0.6 is 11.8 Å². The minimum atomic E-state index is -0.483. The molecule has 0 unspecified atom stereocenters. The lowest BCUT2D eigenvalue weighted by Crippen LogP contribution is -2.25. The van der Waals surface area contributed by atoms with Gasteiger partial charge in [-0.05, 0) is 44.0 Å². The minimum absolute atomic E-state index is 0.146. The monoisotopic (exact) mass is 368 g/mol. The summed E-state index contributed by atoms with van der Waals surface area (Å²) < 4.78 is 6.43. The van der Waals surface area contributed by atoms with Crippen LogP contribution in [0.15, 0.2) is 52.4 Å². The van der Waals surface area contributed by atoms with Crippen LogP contribution in [0.5, 0.6) is 0 Å². The number of thioether (sulfide) groups is 1. The summed E-state index contributed by atoms with van der Waals surface area (Å²) in [6.07, 6.45) is 0. The van der Waals surface area contributed by atoms with E-state index in [0.717, 1.165) is 16.8 Å². The number of fused-ring (bicyclic) bond motifs is 1. The molecule has 0 amide bonds. The van der Waals surface area contributed by atoms with E-state index in [1.54, 1.807) is 23.6 Å². The van der Waals surface area contributed by atoms with Crippen molar-refractivity contribution in [3.05, 3.63) is 63.9 Å². The predicted octanol–water partition coefficient (Wildman–Crippen LogP) is 3.66. The number of rotatable bonds is 4. The van der Waals surface area contributed by atoms with Crippen molar-refractivity contribution >= 4 is 28.6 Å². The van der Waals surface area contributed by atoms with E-state index in [4.69, 9.17) is 4.74 Å². The van der Waals surface area contributed by atoms with Gasteiger partial charge in [0.2, 0.25) is 0 Å². The highest BCUT2D eigenvalue weighted by Gasteiger charge is 2.21. The molecule has 2 aromatic carbocycles. The second-order valence-corrected chi connectivity index (χ2v) is 7.38. The van der Waals surface area contributed by atoms with Crippen molar-refractivity contribution in [2.24, 2.45) is 0 Å². The van der Waals surface area contributed by atoms with E-state index in [2.05, 4.69) is 4.98 Å². The lowest BCUT2D eigenvalue weighted by atomic mass is 10.1. The van der Waals surface area contributed by atoms with Gasteiger partial charge in [0.1, 0.15) is 5.25 Å². The molecule has 0 aliphatic heterocycles. The Hall–Kier alpha value is -2.60. The van der Waals surface area contributed by atoms with Crippen molar-refractivity contribution in [1.29, 1.82) is 0 Å². The molecule has 0 spiro atoms. The number of carbonyl (C=O) groups excluding carboxylic acids is 1. The molecule has 5 nitrogen and oxygen atoms in total. The first kappa shape index (κ1) is 18.2. The van der Waals surface area contributed by atoms with Crippen LogP contribution in [0.2, 0.25) is 0 Å². The van der Waals surface area contributed by atoms with E-state index in [1.807, 2.05) is 44.2 Å². The first-order valence-corrected chi connectivity index (χ1v) is 9.15. The van der Waals surface area contributed by atoms with Gasteiger partial charge in [-0.3, -0.25) is 14.2 Å². The number of aryl methyl sites for hydroxylation is 2. The summed E-state index contributed by atoms with van der Waals surface area (Å²) in [6.45, 7) is 5.66. The summed E-state index contributed by atoms with van der Waals surface area (Å²) in [5, 5.41) is 0.540. The number of esters is 1. The van der Waals surface area contributed by atoms with Crippen LogP contribution in [0, 0.1) is 13.8 Å². The summed E-state index contributed by atoms with van der Waals surface area (Å²) in [7, 11) is 1.35. The van der Waals surface area contributed by atoms with Crippen LogP contribution < -0.4 is 5.56 Å². The molecule has 0 saturated carbocycles. The molecule has 0 N–H and O–H groups in total. The molecular formula is C20H20N2O3S. The molecule has 0 fully saturated rings. The van der Waals surface area contributed by atoms with Crippen molar-refractivity contribution in [3.63, 3.8) is 0 Å². The van der Waals surface area contributed by atoms with Crippen molar-refractivity contribution in [3.8, 4) is 5.69 Å². The molecule has 0 bridgehead atoms. The smallest absolute Gasteiger partial charge is 0.318 e. The number of para-hydroxylation sites is 2. The number of aromatic nitrogens is 2. The Labute approximate surface area is 156 Å². The molecule has 0 radical (unpaired) electrons. The molecule has 0 aliphatic rings. The Kier molecular flexibility index (Phi) is 5.13. The van der Waals surface area contributed by atoms with E-state index in [9.17, 15) is 9.59 Å². The molecule has 26 heavy (non-hydrogen) atoms. The Morgan fingerprint density at radius 3 is 2.42 bits per heavy atom. The normalized spacial score (nSPS) is 12.2. The van der Waals surface area contributed by atoms with Gasteiger partial charge >= 0.3 is 5.97 Å². The fourth-order valence-corrected chi connectivity index (χ4v) is 3.86. The second-order valence-electron chi connectivity index (χ2n) is 6.08. The second kappa shape index (κ2) is 7.33. The summed E-state index contributed by atoms with van der Waals surface area (Å²) in [4.78, 5) is 29.8. The van der Waals surface area contributed by atoms with E-state index in [1.165, 1.54) is 18.9 Å². The van der Waals surface area contributed by atoms with Gasteiger partial charge in [0.15, 0.2) is 5.16 Å². The first-order chi connectivity index (χ1) is 12.4. The average Bonchev–Trinajstić information content (AvgIpc) is 2.63. The molecule has 3 aromatic rings. The van der Waals surface area contributed by atoms with Gasteiger partial charge < -0.3 is 4.74 Å². The lowest BCUT2D eigenvalue weighted by Gasteiger charge is -2.18. The quantitative estimate of drug-likeness (QED) is 0.400. The maximum absolute atomic E-state index is 13.3. The van der Waals surface area contributed by atoms with Gasteiger partial charge in [0, 0.05) is 0 Å². The zero-order chi connectivity index (χ0) is 18.8. The lowest BCUT2D eigenvalue weighted by molar-refractivity contribution is -0.139. The molecule has 1 atom stereocenters. The highest BCUT2D eigenvalue weighted by atomic mass is 32.2. The van der Waals surface area contributed by atoms with Crippen LogP contribution in [0.1, 0.15) is 18.1 Å². The van der Waals surface area contributed by atoms with Gasteiger partial charge in [0.05, 0.1) is 23.7 Å². The molecule has 134 valence electrons. The maximum atomic E-state index is 13.3. The minimum Gasteiger partial charge on any atom is -0.468 e. The number of hydrogen-bond acceptors (Lipinski definition) is 5. The summed E-state index contributed by atoms with van der Waals surface area (Å²) in [5.74, 6) is -0.356. The van der Waals surface area contributed by atoms with Crippen LogP contribution in [-0.4, -0.2) is 27.9 Å². The summed E-state index contributed by atoms with van der Waals surface area (Å²) in [5.41, 5.74) is 3.20. The van der Waals surface area contributed by atoms with E-state index < -0.39 is 5.25 Å². The number of methoxy groups -OCH3 is 1. The van der Waals surface area contributed by atoms with Crippen LogP contribution in [0.25, 0.3) is 16.6 Å². The van der Waals surface area contributed by atoms with Gasteiger partial charge in [-0.2, -0.15) is 0 Å². The van der Waals surface area contributed by atoms with E-state index in [0.29, 0.717) is 16.1 Å². The molecule has 3 rings (SSSR count). The highest BCUT2D eigenvalue weighted by molar-refractivity contribution is 8.00. The fourth-order valence-electron chi connectivity index (χ4n) is 2.92. The first-order valence-electron chi connectivity index (χ1n) is 8.27. The van der Waals surface area contributed by atoms with Gasteiger partial charge in [-0.25, -0.2) is 4.98 Å². The number of ether oxygens (including phenoxy) is 1. The SMILES string of the molecule is COC(=O)[C@@H](C)Sc1nc2ccccc2c(=O)n1-c1c(C)cccc1C. The summed E-state index contributed by atoms with van der Waals surface area (Å²) in [6, 6.07) is 13.1. The summed E-state index contributed by atoms with van der Waals surface area (Å²) >= 11 is 1.22.